The van der Waals surface area contributed by atoms with Gasteiger partial charge in [0, 0.05) is 18.5 Å². The number of anilines is 1. The Balaban J connectivity index is 1.54. The van der Waals surface area contributed by atoms with Crippen molar-refractivity contribution in [2.45, 2.75) is 45.4 Å². The molecule has 1 aromatic heterocycles. The minimum Gasteiger partial charge on any atom is -0.339 e. The summed E-state index contributed by atoms with van der Waals surface area (Å²) < 4.78 is 19.7. The summed E-state index contributed by atoms with van der Waals surface area (Å²) in [5, 5.41) is 4.09. The molecule has 0 saturated carbocycles. The number of benzene rings is 2. The standard InChI is InChI=1S/C23H24FN3O2/c1-14-5-10-18(24)19(11-14)27-13-16(12-20(27)28)22-25-21(26-29-22)15-6-8-17(9-7-15)23(2,3)4/h5-11,16H,12-13H2,1-4H3. The fraction of sp³-hybridized carbons (Fsp3) is 0.348. The van der Waals surface area contributed by atoms with Gasteiger partial charge in [-0.25, -0.2) is 4.39 Å². The molecule has 1 amide bonds. The summed E-state index contributed by atoms with van der Waals surface area (Å²) in [4.78, 5) is 18.5. The van der Waals surface area contributed by atoms with E-state index in [-0.39, 0.29) is 23.7 Å². The average Bonchev–Trinajstić information content (AvgIpc) is 3.30. The molecular weight excluding hydrogens is 369 g/mol. The summed E-state index contributed by atoms with van der Waals surface area (Å²) >= 11 is 0. The van der Waals surface area contributed by atoms with Gasteiger partial charge in [-0.05, 0) is 35.6 Å². The van der Waals surface area contributed by atoms with Crippen molar-refractivity contribution in [2.24, 2.45) is 0 Å². The second-order valence-electron chi connectivity index (χ2n) is 8.64. The number of carbonyl (C=O) groups excluding carboxylic acids is 1. The van der Waals surface area contributed by atoms with E-state index in [0.29, 0.717) is 23.9 Å². The summed E-state index contributed by atoms with van der Waals surface area (Å²) in [6, 6.07) is 12.8. The van der Waals surface area contributed by atoms with Crippen LogP contribution < -0.4 is 4.90 Å². The Morgan fingerprint density at radius 2 is 1.86 bits per heavy atom. The van der Waals surface area contributed by atoms with Gasteiger partial charge < -0.3 is 9.42 Å². The molecule has 0 radical (unpaired) electrons. The second kappa shape index (κ2) is 7.10. The number of rotatable bonds is 3. The Morgan fingerprint density at radius 1 is 1.14 bits per heavy atom. The number of amides is 1. The highest BCUT2D eigenvalue weighted by molar-refractivity contribution is 5.96. The highest BCUT2D eigenvalue weighted by Crippen LogP contribution is 2.34. The Hall–Kier alpha value is -3.02. The van der Waals surface area contributed by atoms with Gasteiger partial charge in [-0.15, -0.1) is 0 Å². The van der Waals surface area contributed by atoms with E-state index in [0.717, 1.165) is 11.1 Å². The minimum absolute atomic E-state index is 0.0691. The highest BCUT2D eigenvalue weighted by Gasteiger charge is 2.36. The Labute approximate surface area is 169 Å². The predicted octanol–water partition coefficient (Wildman–Crippen LogP) is 5.00. The summed E-state index contributed by atoms with van der Waals surface area (Å²) in [6.45, 7) is 8.68. The Bertz CT molecular complexity index is 1050. The lowest BCUT2D eigenvalue weighted by Gasteiger charge is -2.18. The zero-order valence-corrected chi connectivity index (χ0v) is 17.1. The van der Waals surface area contributed by atoms with Crippen LogP contribution in [0.5, 0.6) is 0 Å². The van der Waals surface area contributed by atoms with Crippen molar-refractivity contribution in [2.75, 3.05) is 11.4 Å². The van der Waals surface area contributed by atoms with E-state index < -0.39 is 5.82 Å². The first kappa shape index (κ1) is 19.3. The van der Waals surface area contributed by atoms with Crippen molar-refractivity contribution >= 4 is 11.6 Å². The summed E-state index contributed by atoms with van der Waals surface area (Å²) in [6.07, 6.45) is 0.220. The van der Waals surface area contributed by atoms with Gasteiger partial charge in [-0.1, -0.05) is 56.3 Å². The smallest absolute Gasteiger partial charge is 0.232 e. The van der Waals surface area contributed by atoms with Crippen molar-refractivity contribution < 1.29 is 13.7 Å². The minimum atomic E-state index is -0.408. The lowest BCUT2D eigenvalue weighted by molar-refractivity contribution is -0.117. The van der Waals surface area contributed by atoms with Crippen LogP contribution >= 0.6 is 0 Å². The van der Waals surface area contributed by atoms with Crippen LogP contribution in [0.3, 0.4) is 0 Å². The Morgan fingerprint density at radius 3 is 2.55 bits per heavy atom. The zero-order chi connectivity index (χ0) is 20.8. The molecule has 150 valence electrons. The molecule has 0 spiro atoms. The van der Waals surface area contributed by atoms with Crippen LogP contribution in [0.4, 0.5) is 10.1 Å². The normalized spacial score (nSPS) is 17.2. The SMILES string of the molecule is Cc1ccc(F)c(N2CC(c3nc(-c4ccc(C(C)(C)C)cc4)no3)CC2=O)c1. The number of carbonyl (C=O) groups is 1. The third-order valence-electron chi connectivity index (χ3n) is 5.32. The molecule has 29 heavy (non-hydrogen) atoms. The number of hydrogen-bond acceptors (Lipinski definition) is 4. The largest absolute Gasteiger partial charge is 0.339 e. The maximum atomic E-state index is 14.2. The molecular formula is C23H24FN3O2. The van der Waals surface area contributed by atoms with Crippen LogP contribution in [0.25, 0.3) is 11.4 Å². The molecule has 5 nitrogen and oxygen atoms in total. The molecule has 0 N–H and O–H groups in total. The van der Waals surface area contributed by atoms with Gasteiger partial charge in [0.15, 0.2) is 0 Å². The van der Waals surface area contributed by atoms with E-state index in [1.165, 1.54) is 16.5 Å². The first-order chi connectivity index (χ1) is 13.7. The van der Waals surface area contributed by atoms with Crippen LogP contribution in [0.1, 0.15) is 50.1 Å². The first-order valence-corrected chi connectivity index (χ1v) is 9.73. The van der Waals surface area contributed by atoms with Crippen molar-refractivity contribution in [1.82, 2.24) is 10.1 Å². The highest BCUT2D eigenvalue weighted by atomic mass is 19.1. The van der Waals surface area contributed by atoms with E-state index in [1.54, 1.807) is 12.1 Å². The third-order valence-corrected chi connectivity index (χ3v) is 5.32. The summed E-state index contributed by atoms with van der Waals surface area (Å²) in [5.41, 5.74) is 3.35. The van der Waals surface area contributed by atoms with Gasteiger partial charge >= 0.3 is 0 Å². The fourth-order valence-corrected chi connectivity index (χ4v) is 3.57. The topological polar surface area (TPSA) is 59.2 Å². The van der Waals surface area contributed by atoms with Gasteiger partial charge in [0.25, 0.3) is 0 Å². The van der Waals surface area contributed by atoms with Crippen LogP contribution in [0, 0.1) is 12.7 Å². The number of nitrogens with zero attached hydrogens (tertiary/aromatic N) is 3. The lowest BCUT2D eigenvalue weighted by Crippen LogP contribution is -2.25. The average molecular weight is 393 g/mol. The number of halogens is 1. The molecule has 6 heteroatoms. The lowest BCUT2D eigenvalue weighted by atomic mass is 9.87. The summed E-state index contributed by atoms with van der Waals surface area (Å²) in [7, 11) is 0. The van der Waals surface area contributed by atoms with E-state index in [4.69, 9.17) is 4.52 Å². The molecule has 1 saturated heterocycles. The Kier molecular flexibility index (Phi) is 4.73. The van der Waals surface area contributed by atoms with Gasteiger partial charge in [-0.3, -0.25) is 4.79 Å². The summed E-state index contributed by atoms with van der Waals surface area (Å²) in [5.74, 6) is 0.0953. The van der Waals surface area contributed by atoms with E-state index in [9.17, 15) is 9.18 Å². The van der Waals surface area contributed by atoms with Crippen molar-refractivity contribution in [3.63, 3.8) is 0 Å². The van der Waals surface area contributed by atoms with Crippen molar-refractivity contribution in [3.05, 3.63) is 65.3 Å². The van der Waals surface area contributed by atoms with Gasteiger partial charge in [-0.2, -0.15) is 4.98 Å². The molecule has 4 rings (SSSR count). The van der Waals surface area contributed by atoms with Crippen LogP contribution in [0.2, 0.25) is 0 Å². The quantitative estimate of drug-likeness (QED) is 0.628. The van der Waals surface area contributed by atoms with Crippen molar-refractivity contribution in [3.8, 4) is 11.4 Å². The molecule has 1 unspecified atom stereocenters. The zero-order valence-electron chi connectivity index (χ0n) is 17.1. The number of aromatic nitrogens is 2. The van der Waals surface area contributed by atoms with Crippen LogP contribution in [-0.2, 0) is 10.2 Å². The third kappa shape index (κ3) is 3.79. The molecule has 1 fully saturated rings. The first-order valence-electron chi connectivity index (χ1n) is 9.73. The molecule has 1 atom stereocenters. The van der Waals surface area contributed by atoms with E-state index in [1.807, 2.05) is 19.1 Å². The van der Waals surface area contributed by atoms with E-state index >= 15 is 0 Å². The maximum Gasteiger partial charge on any atom is 0.232 e. The van der Waals surface area contributed by atoms with Gasteiger partial charge in [0.1, 0.15) is 5.82 Å². The van der Waals surface area contributed by atoms with Crippen LogP contribution in [0.15, 0.2) is 47.0 Å². The van der Waals surface area contributed by atoms with Crippen molar-refractivity contribution in [1.29, 1.82) is 0 Å². The molecule has 0 aliphatic carbocycles. The van der Waals surface area contributed by atoms with E-state index in [2.05, 4.69) is 43.0 Å². The molecule has 2 aromatic carbocycles. The fourth-order valence-electron chi connectivity index (χ4n) is 3.57. The molecule has 2 heterocycles. The van der Waals surface area contributed by atoms with Gasteiger partial charge in [0.2, 0.25) is 17.6 Å². The molecule has 1 aliphatic heterocycles. The maximum absolute atomic E-state index is 14.2. The van der Waals surface area contributed by atoms with Crippen LogP contribution in [-0.4, -0.2) is 22.6 Å². The monoisotopic (exact) mass is 393 g/mol. The molecule has 0 bridgehead atoms. The molecule has 3 aromatic rings. The second-order valence-corrected chi connectivity index (χ2v) is 8.64. The molecule has 1 aliphatic rings. The number of aryl methyl sites for hydroxylation is 1. The predicted molar refractivity (Wildman–Crippen MR) is 109 cm³/mol. The number of hydrogen-bond donors (Lipinski definition) is 0. The van der Waals surface area contributed by atoms with Gasteiger partial charge in [0.05, 0.1) is 11.6 Å².